The molecule has 11 heteroatoms. The number of esters is 1. The number of amides is 1. The zero-order valence-electron chi connectivity index (χ0n) is 15.8. The van der Waals surface area contributed by atoms with Gasteiger partial charge in [0.2, 0.25) is 5.56 Å². The van der Waals surface area contributed by atoms with Gasteiger partial charge in [0.05, 0.1) is 22.5 Å². The van der Waals surface area contributed by atoms with Gasteiger partial charge in [0.1, 0.15) is 5.57 Å². The maximum absolute atomic E-state index is 13.5. The number of ether oxygens (including phenoxy) is 1. The number of aromatic nitrogens is 2. The van der Waals surface area contributed by atoms with Gasteiger partial charge in [-0.15, -0.1) is 0 Å². The average Bonchev–Trinajstić information content (AvgIpc) is 3.21. The van der Waals surface area contributed by atoms with Gasteiger partial charge in [-0.3, -0.25) is 9.48 Å². The van der Waals surface area contributed by atoms with E-state index in [1.807, 2.05) is 0 Å². The van der Waals surface area contributed by atoms with E-state index in [9.17, 15) is 18.4 Å². The average molecular weight is 459 g/mol. The van der Waals surface area contributed by atoms with Gasteiger partial charge in [-0.2, -0.15) is 5.10 Å². The molecule has 0 saturated carbocycles. The number of nitrogens with zero attached hydrogens (tertiary/aromatic N) is 2. The molecule has 2 aromatic rings. The van der Waals surface area contributed by atoms with Crippen molar-refractivity contribution in [3.63, 3.8) is 0 Å². The second kappa shape index (κ2) is 9.11. The zero-order valence-corrected chi connectivity index (χ0v) is 17.3. The fraction of sp³-hybridized carbons (Fsp3) is 0.316. The number of hydrogen-bond donors (Lipinski definition) is 2. The first-order valence-electron chi connectivity index (χ1n) is 9.02. The van der Waals surface area contributed by atoms with Gasteiger partial charge in [-0.05, 0) is 31.0 Å². The molecule has 0 fully saturated rings. The third-order valence-corrected chi connectivity index (χ3v) is 5.16. The van der Waals surface area contributed by atoms with Gasteiger partial charge >= 0.3 is 5.97 Å². The summed E-state index contributed by atoms with van der Waals surface area (Å²) in [7, 11) is 0. The van der Waals surface area contributed by atoms with E-state index in [1.165, 1.54) is 16.9 Å². The van der Waals surface area contributed by atoms with Gasteiger partial charge in [-0.1, -0.05) is 29.3 Å². The third kappa shape index (κ3) is 4.33. The van der Waals surface area contributed by atoms with Crippen LogP contribution >= 0.6 is 23.2 Å². The largest absolute Gasteiger partial charge is 0.438 e. The molecule has 2 atom stereocenters. The van der Waals surface area contributed by atoms with Crippen molar-refractivity contribution in [1.82, 2.24) is 15.1 Å². The summed E-state index contributed by atoms with van der Waals surface area (Å²) in [5.74, 6) is -3.67. The normalized spacial score (nSPS) is 17.3. The highest BCUT2D eigenvalue weighted by Crippen LogP contribution is 2.37. The summed E-state index contributed by atoms with van der Waals surface area (Å²) in [6, 6.07) is 2.73. The van der Waals surface area contributed by atoms with Crippen LogP contribution in [0.2, 0.25) is 5.02 Å². The number of carbonyl (C=O) groups excluding carboxylic acids is 2. The molecular formula is C19H18Cl2F2N4O3. The molecule has 0 saturated heterocycles. The quantitative estimate of drug-likeness (QED) is 0.377. The lowest BCUT2D eigenvalue weighted by Gasteiger charge is -2.17. The molecular weight excluding hydrogens is 441 g/mol. The maximum Gasteiger partial charge on any atom is 0.346 e. The Hall–Kier alpha value is -2.49. The molecule has 1 unspecified atom stereocenters. The molecule has 1 aliphatic heterocycles. The SMILES string of the molecule is CCn1ncc(Cl)c1C1=C(C(=O)N[C@H](CN)Cc2ccc(F)c(F)c2)C(=O)OC1Cl. The zero-order chi connectivity index (χ0) is 22.0. The molecule has 7 nitrogen and oxygen atoms in total. The molecule has 1 aromatic heterocycles. The second-order valence-electron chi connectivity index (χ2n) is 6.53. The Morgan fingerprint density at radius 1 is 1.40 bits per heavy atom. The monoisotopic (exact) mass is 458 g/mol. The van der Waals surface area contributed by atoms with Crippen molar-refractivity contribution in [3.05, 3.63) is 57.9 Å². The molecule has 1 amide bonds. The number of nitrogens with two attached hydrogens (primary N) is 1. The number of carbonyl (C=O) groups is 2. The smallest absolute Gasteiger partial charge is 0.346 e. The van der Waals surface area contributed by atoms with Crippen LogP contribution in [0.3, 0.4) is 0 Å². The van der Waals surface area contributed by atoms with E-state index in [-0.39, 0.29) is 29.1 Å². The Morgan fingerprint density at radius 2 is 2.13 bits per heavy atom. The highest BCUT2D eigenvalue weighted by atomic mass is 35.5. The van der Waals surface area contributed by atoms with Crippen molar-refractivity contribution in [2.75, 3.05) is 6.54 Å². The van der Waals surface area contributed by atoms with E-state index in [0.717, 1.165) is 12.1 Å². The van der Waals surface area contributed by atoms with E-state index >= 15 is 0 Å². The van der Waals surface area contributed by atoms with E-state index in [1.54, 1.807) is 6.92 Å². The number of rotatable bonds is 7. The summed E-state index contributed by atoms with van der Waals surface area (Å²) in [5, 5.41) is 6.92. The molecule has 1 aliphatic rings. The molecule has 3 N–H and O–H groups in total. The minimum atomic E-state index is -1.22. The van der Waals surface area contributed by atoms with Crippen LogP contribution in [0.4, 0.5) is 8.78 Å². The Bertz CT molecular complexity index is 1030. The number of halogens is 4. The van der Waals surface area contributed by atoms with Crippen molar-refractivity contribution in [2.45, 2.75) is 31.5 Å². The van der Waals surface area contributed by atoms with Crippen LogP contribution in [-0.4, -0.2) is 39.8 Å². The van der Waals surface area contributed by atoms with E-state index in [4.69, 9.17) is 33.7 Å². The predicted molar refractivity (Wildman–Crippen MR) is 107 cm³/mol. The Morgan fingerprint density at radius 3 is 2.77 bits per heavy atom. The first-order chi connectivity index (χ1) is 14.3. The van der Waals surface area contributed by atoms with E-state index in [0.29, 0.717) is 17.8 Å². The summed E-state index contributed by atoms with van der Waals surface area (Å²) >= 11 is 12.3. The van der Waals surface area contributed by atoms with Gasteiger partial charge in [0, 0.05) is 19.1 Å². The number of cyclic esters (lactones) is 1. The molecule has 0 spiro atoms. The van der Waals surface area contributed by atoms with Crippen molar-refractivity contribution >= 4 is 40.7 Å². The molecule has 3 rings (SSSR count). The Balaban J connectivity index is 1.90. The minimum absolute atomic E-state index is 0.0135. The number of alkyl halides is 1. The maximum atomic E-state index is 13.5. The Labute approximate surface area is 180 Å². The highest BCUT2D eigenvalue weighted by Gasteiger charge is 2.40. The van der Waals surface area contributed by atoms with Crippen molar-refractivity contribution in [3.8, 4) is 0 Å². The van der Waals surface area contributed by atoms with Crippen LogP contribution in [0.25, 0.3) is 5.57 Å². The highest BCUT2D eigenvalue weighted by molar-refractivity contribution is 6.37. The summed E-state index contributed by atoms with van der Waals surface area (Å²) in [6.07, 6.45) is 1.50. The second-order valence-corrected chi connectivity index (χ2v) is 7.33. The Kier molecular flexibility index (Phi) is 6.74. The van der Waals surface area contributed by atoms with Crippen LogP contribution < -0.4 is 11.1 Å². The van der Waals surface area contributed by atoms with Gasteiger partial charge < -0.3 is 15.8 Å². The number of benzene rings is 1. The fourth-order valence-electron chi connectivity index (χ4n) is 3.15. The minimum Gasteiger partial charge on any atom is -0.438 e. The molecule has 0 bridgehead atoms. The molecule has 160 valence electrons. The van der Waals surface area contributed by atoms with Gasteiger partial charge in [0.15, 0.2) is 11.6 Å². The standard InChI is InChI=1S/C19H18Cl2F2N4O3/c1-2-27-16(11(20)8-25-27)14-15(19(29)30-17(14)21)18(28)26-10(7-24)5-9-3-4-12(22)13(23)6-9/h3-4,6,8,10,17H,2,5,7,24H2,1H3,(H,26,28)/t10-,17?/m0/s1. The van der Waals surface area contributed by atoms with Crippen molar-refractivity contribution in [1.29, 1.82) is 0 Å². The van der Waals surface area contributed by atoms with Crippen LogP contribution in [0.15, 0.2) is 30.0 Å². The lowest BCUT2D eigenvalue weighted by molar-refractivity contribution is -0.138. The summed E-state index contributed by atoms with van der Waals surface area (Å²) in [4.78, 5) is 25.2. The molecule has 2 heterocycles. The van der Waals surface area contributed by atoms with Crippen LogP contribution in [0, 0.1) is 11.6 Å². The fourth-order valence-corrected chi connectivity index (χ4v) is 3.68. The lowest BCUT2D eigenvalue weighted by Crippen LogP contribution is -2.43. The molecule has 0 radical (unpaired) electrons. The number of nitrogens with one attached hydrogen (secondary N) is 1. The van der Waals surface area contributed by atoms with E-state index < -0.39 is 35.1 Å². The predicted octanol–water partition coefficient (Wildman–Crippen LogP) is 2.40. The van der Waals surface area contributed by atoms with Crippen molar-refractivity contribution in [2.24, 2.45) is 5.73 Å². The topological polar surface area (TPSA) is 99.2 Å². The third-order valence-electron chi connectivity index (χ3n) is 4.57. The van der Waals surface area contributed by atoms with Gasteiger partial charge in [-0.25, -0.2) is 13.6 Å². The number of aryl methyl sites for hydroxylation is 1. The van der Waals surface area contributed by atoms with Gasteiger partial charge in [0.25, 0.3) is 5.91 Å². The summed E-state index contributed by atoms with van der Waals surface area (Å²) in [5.41, 5.74) is 5.02. The molecule has 30 heavy (non-hydrogen) atoms. The van der Waals surface area contributed by atoms with Crippen LogP contribution in [0.5, 0.6) is 0 Å². The molecule has 0 aliphatic carbocycles. The van der Waals surface area contributed by atoms with E-state index in [2.05, 4.69) is 10.4 Å². The first-order valence-corrected chi connectivity index (χ1v) is 9.84. The first kappa shape index (κ1) is 22.2. The summed E-state index contributed by atoms with van der Waals surface area (Å²) < 4.78 is 33.1. The van der Waals surface area contributed by atoms with Crippen LogP contribution in [-0.2, 0) is 27.3 Å². The van der Waals surface area contributed by atoms with Crippen molar-refractivity contribution < 1.29 is 23.1 Å². The summed E-state index contributed by atoms with van der Waals surface area (Å²) in [6.45, 7) is 2.21. The lowest BCUT2D eigenvalue weighted by atomic mass is 10.0. The number of hydrogen-bond acceptors (Lipinski definition) is 5. The van der Waals surface area contributed by atoms with Crippen LogP contribution in [0.1, 0.15) is 18.2 Å². The molecule has 1 aromatic carbocycles.